The first-order valence-electron chi connectivity index (χ1n) is 9.90. The summed E-state index contributed by atoms with van der Waals surface area (Å²) in [5, 5.41) is 26.7. The van der Waals surface area contributed by atoms with Crippen LogP contribution in [0.3, 0.4) is 0 Å². The minimum Gasteiger partial charge on any atom is -0.389 e. The highest BCUT2D eigenvalue weighted by molar-refractivity contribution is 5.73. The van der Waals surface area contributed by atoms with Crippen LogP contribution >= 0.6 is 0 Å². The van der Waals surface area contributed by atoms with Crippen LogP contribution in [0.5, 0.6) is 0 Å². The highest BCUT2D eigenvalue weighted by atomic mass is 19.1. The largest absolute Gasteiger partial charge is 0.389 e. The van der Waals surface area contributed by atoms with E-state index in [-0.39, 0.29) is 23.8 Å². The quantitative estimate of drug-likeness (QED) is 0.488. The van der Waals surface area contributed by atoms with Crippen LogP contribution in [0.2, 0.25) is 0 Å². The third-order valence-electron chi connectivity index (χ3n) is 4.85. The number of carbonyl (C=O) groups excluding carboxylic acids is 1. The molecule has 5 atom stereocenters. The summed E-state index contributed by atoms with van der Waals surface area (Å²) in [5.74, 6) is -1.77. The lowest BCUT2D eigenvalue weighted by molar-refractivity contribution is -0.146. The van der Waals surface area contributed by atoms with Crippen LogP contribution < -0.4 is 10.6 Å². The van der Waals surface area contributed by atoms with Crippen molar-refractivity contribution in [1.29, 1.82) is 0 Å². The molecular formula is C21H32F2N2O4. The van der Waals surface area contributed by atoms with Gasteiger partial charge in [-0.1, -0.05) is 20.8 Å². The molecule has 0 unspecified atom stereocenters. The van der Waals surface area contributed by atoms with Crippen LogP contribution in [0.25, 0.3) is 0 Å². The number of benzene rings is 1. The Balaban J connectivity index is 2.00. The third kappa shape index (κ3) is 7.97. The summed E-state index contributed by atoms with van der Waals surface area (Å²) in [4.78, 5) is 11.6. The van der Waals surface area contributed by atoms with E-state index in [1.54, 1.807) is 0 Å². The predicted octanol–water partition coefficient (Wildman–Crippen LogP) is 1.87. The number of ether oxygens (including phenoxy) is 1. The van der Waals surface area contributed by atoms with Crippen molar-refractivity contribution >= 4 is 5.91 Å². The molecule has 164 valence electrons. The Morgan fingerprint density at radius 3 is 2.45 bits per heavy atom. The molecule has 8 heteroatoms. The average molecular weight is 414 g/mol. The maximum Gasteiger partial charge on any atom is 0.217 e. The number of rotatable bonds is 8. The van der Waals surface area contributed by atoms with Crippen molar-refractivity contribution in [2.24, 2.45) is 5.41 Å². The van der Waals surface area contributed by atoms with Crippen LogP contribution in [0.4, 0.5) is 8.78 Å². The van der Waals surface area contributed by atoms with Gasteiger partial charge in [-0.3, -0.25) is 4.79 Å². The summed E-state index contributed by atoms with van der Waals surface area (Å²) in [6.07, 6.45) is -1.19. The lowest BCUT2D eigenvalue weighted by Crippen LogP contribution is -2.51. The molecular weight excluding hydrogens is 382 g/mol. The van der Waals surface area contributed by atoms with Crippen molar-refractivity contribution < 1.29 is 28.5 Å². The minimum atomic E-state index is -1.00. The molecule has 0 aromatic heterocycles. The maximum atomic E-state index is 13.5. The molecule has 0 bridgehead atoms. The van der Waals surface area contributed by atoms with Crippen molar-refractivity contribution in [3.63, 3.8) is 0 Å². The summed E-state index contributed by atoms with van der Waals surface area (Å²) in [6, 6.07) is 2.01. The fourth-order valence-electron chi connectivity index (χ4n) is 3.67. The van der Waals surface area contributed by atoms with Crippen molar-refractivity contribution in [1.82, 2.24) is 10.6 Å². The highest BCUT2D eigenvalue weighted by Gasteiger charge is 2.36. The molecule has 6 nitrogen and oxygen atoms in total. The Morgan fingerprint density at radius 2 is 1.90 bits per heavy atom. The molecule has 1 aromatic rings. The highest BCUT2D eigenvalue weighted by Crippen LogP contribution is 2.24. The van der Waals surface area contributed by atoms with Gasteiger partial charge in [0.2, 0.25) is 5.91 Å². The SMILES string of the molecule is CC(=O)N[C@@H](Cc1cc(F)cc(F)c1)[C@H](O)[C@H]1C[C@@H](O[C@H](O)CC(C)(C)C)CN1. The smallest absolute Gasteiger partial charge is 0.217 e. The summed E-state index contributed by atoms with van der Waals surface area (Å²) >= 11 is 0. The minimum absolute atomic E-state index is 0.0752. The Hall–Kier alpha value is -1.61. The van der Waals surface area contributed by atoms with E-state index in [1.807, 2.05) is 20.8 Å². The van der Waals surface area contributed by atoms with Crippen LogP contribution in [-0.4, -0.2) is 53.2 Å². The molecule has 1 aliphatic rings. The van der Waals surface area contributed by atoms with Crippen molar-refractivity contribution in [3.05, 3.63) is 35.4 Å². The number of aliphatic hydroxyl groups is 2. The molecule has 1 fully saturated rings. The molecule has 1 saturated heterocycles. The average Bonchev–Trinajstić information content (AvgIpc) is 2.98. The molecule has 0 aliphatic carbocycles. The zero-order valence-corrected chi connectivity index (χ0v) is 17.4. The van der Waals surface area contributed by atoms with Gasteiger partial charge in [-0.2, -0.15) is 0 Å². The van der Waals surface area contributed by atoms with Gasteiger partial charge in [-0.05, 0) is 36.0 Å². The van der Waals surface area contributed by atoms with Crippen molar-refractivity contribution in [3.8, 4) is 0 Å². The van der Waals surface area contributed by atoms with Crippen LogP contribution in [0.1, 0.15) is 46.1 Å². The van der Waals surface area contributed by atoms with E-state index in [1.165, 1.54) is 19.1 Å². The molecule has 0 saturated carbocycles. The van der Waals surface area contributed by atoms with Gasteiger partial charge in [-0.25, -0.2) is 8.78 Å². The number of carbonyl (C=O) groups is 1. The summed E-state index contributed by atoms with van der Waals surface area (Å²) < 4.78 is 32.7. The van der Waals surface area contributed by atoms with Crippen molar-refractivity contribution in [2.45, 2.75) is 77.5 Å². The number of halogens is 2. The molecule has 0 spiro atoms. The molecule has 1 heterocycles. The number of hydrogen-bond donors (Lipinski definition) is 4. The number of hydrogen-bond acceptors (Lipinski definition) is 5. The number of amides is 1. The summed E-state index contributed by atoms with van der Waals surface area (Å²) in [6.45, 7) is 7.79. The Bertz CT molecular complexity index is 675. The van der Waals surface area contributed by atoms with Crippen molar-refractivity contribution in [2.75, 3.05) is 6.54 Å². The maximum absolute atomic E-state index is 13.5. The molecule has 0 radical (unpaired) electrons. The van der Waals surface area contributed by atoms with E-state index in [2.05, 4.69) is 10.6 Å². The molecule has 2 rings (SSSR count). The van der Waals surface area contributed by atoms with E-state index in [9.17, 15) is 23.8 Å². The number of aliphatic hydroxyl groups excluding tert-OH is 2. The van der Waals surface area contributed by atoms with Crippen LogP contribution in [-0.2, 0) is 16.0 Å². The monoisotopic (exact) mass is 414 g/mol. The van der Waals surface area contributed by atoms with Gasteiger partial charge in [0.05, 0.1) is 18.2 Å². The lowest BCUT2D eigenvalue weighted by atomic mass is 9.92. The first-order chi connectivity index (χ1) is 13.4. The Labute approximate surface area is 170 Å². The molecule has 4 N–H and O–H groups in total. The van der Waals surface area contributed by atoms with Gasteiger partial charge < -0.3 is 25.6 Å². The van der Waals surface area contributed by atoms with E-state index < -0.39 is 36.1 Å². The zero-order chi connectivity index (χ0) is 21.8. The molecule has 29 heavy (non-hydrogen) atoms. The van der Waals surface area contributed by atoms with Gasteiger partial charge in [0.1, 0.15) is 11.6 Å². The predicted molar refractivity (Wildman–Crippen MR) is 105 cm³/mol. The summed E-state index contributed by atoms with van der Waals surface area (Å²) in [7, 11) is 0. The van der Waals surface area contributed by atoms with E-state index in [0.29, 0.717) is 24.9 Å². The van der Waals surface area contributed by atoms with E-state index in [0.717, 1.165) is 6.07 Å². The van der Waals surface area contributed by atoms with Crippen LogP contribution in [0.15, 0.2) is 18.2 Å². The van der Waals surface area contributed by atoms with Gasteiger partial charge in [0.15, 0.2) is 6.29 Å². The molecule has 1 aliphatic heterocycles. The van der Waals surface area contributed by atoms with E-state index >= 15 is 0 Å². The zero-order valence-electron chi connectivity index (χ0n) is 17.4. The second kappa shape index (κ2) is 9.93. The first-order valence-corrected chi connectivity index (χ1v) is 9.90. The normalized spacial score (nSPS) is 22.9. The first kappa shape index (κ1) is 23.7. The second-order valence-corrected chi connectivity index (χ2v) is 9.01. The third-order valence-corrected chi connectivity index (χ3v) is 4.85. The molecule has 1 amide bonds. The topological polar surface area (TPSA) is 90.8 Å². The molecule has 1 aromatic carbocycles. The van der Waals surface area contributed by atoms with Gasteiger partial charge >= 0.3 is 0 Å². The lowest BCUT2D eigenvalue weighted by Gasteiger charge is -2.28. The van der Waals surface area contributed by atoms with Crippen LogP contribution in [0, 0.1) is 17.0 Å². The Kier molecular flexibility index (Phi) is 8.10. The van der Waals surface area contributed by atoms with Gasteiger partial charge in [0.25, 0.3) is 0 Å². The Morgan fingerprint density at radius 1 is 1.28 bits per heavy atom. The summed E-state index contributed by atoms with van der Waals surface area (Å²) in [5.41, 5.74) is 0.257. The second-order valence-electron chi connectivity index (χ2n) is 9.01. The van der Waals surface area contributed by atoms with Gasteiger partial charge in [0, 0.05) is 32.0 Å². The fourth-order valence-corrected chi connectivity index (χ4v) is 3.67. The number of nitrogens with one attached hydrogen (secondary N) is 2. The van der Waals surface area contributed by atoms with Gasteiger partial charge in [-0.15, -0.1) is 0 Å². The van der Waals surface area contributed by atoms with E-state index in [4.69, 9.17) is 4.74 Å². The fraction of sp³-hybridized carbons (Fsp3) is 0.667. The standard InChI is InChI=1S/C21H32F2N2O4/c1-12(26)25-18(7-13-5-14(22)8-15(23)6-13)20(28)17-9-16(11-24-17)29-19(27)10-21(2,3)4/h5-6,8,16-20,24,27-28H,7,9-11H2,1-4H3,(H,25,26)/t16-,17-,18+,19+,20-/m1/s1.